The predicted molar refractivity (Wildman–Crippen MR) is 91.4 cm³/mol. The highest BCUT2D eigenvalue weighted by atomic mass is 19.4. The average molecular weight is 387 g/mol. The van der Waals surface area contributed by atoms with Crippen LogP contribution in [0.1, 0.15) is 20.8 Å². The fraction of sp³-hybridized carbons (Fsp3) is 0.167. The van der Waals surface area contributed by atoms with Gasteiger partial charge in [-0.15, -0.1) is 0 Å². The number of nitrogens with one attached hydrogen (secondary N) is 1. The molecule has 1 aliphatic heterocycles. The number of halogens is 3. The molecule has 142 valence electrons. The maximum atomic E-state index is 12.7. The fourth-order valence-corrected chi connectivity index (χ4v) is 2.86. The van der Waals surface area contributed by atoms with Gasteiger partial charge in [-0.3, -0.25) is 14.3 Å². The van der Waals surface area contributed by atoms with Gasteiger partial charge in [0, 0.05) is 23.9 Å². The Kier molecular flexibility index (Phi) is 4.17. The van der Waals surface area contributed by atoms with Gasteiger partial charge >= 0.3 is 6.18 Å². The van der Waals surface area contributed by atoms with E-state index in [1.54, 1.807) is 16.8 Å². The van der Waals surface area contributed by atoms with Gasteiger partial charge in [0.15, 0.2) is 5.82 Å². The van der Waals surface area contributed by atoms with Crippen molar-refractivity contribution in [3.8, 4) is 22.8 Å². The molecule has 0 saturated carbocycles. The van der Waals surface area contributed by atoms with Crippen molar-refractivity contribution < 1.29 is 22.8 Å². The molecule has 1 amide bonds. The third kappa shape index (κ3) is 3.24. The summed E-state index contributed by atoms with van der Waals surface area (Å²) < 4.78 is 39.6. The van der Waals surface area contributed by atoms with Gasteiger partial charge in [-0.25, -0.2) is 9.97 Å². The second kappa shape index (κ2) is 6.55. The van der Waals surface area contributed by atoms with E-state index in [0.29, 0.717) is 30.2 Å². The highest BCUT2D eigenvalue weighted by Crippen LogP contribution is 2.25. The molecular weight excluding hydrogens is 375 g/mol. The number of Topliss-reactive ketones (excluding diaryl/α,β-unsaturated/α-hetero) is 1. The van der Waals surface area contributed by atoms with Crippen LogP contribution in [0, 0.1) is 0 Å². The monoisotopic (exact) mass is 387 g/mol. The van der Waals surface area contributed by atoms with Crippen LogP contribution >= 0.6 is 0 Å². The minimum atomic E-state index is -4.96. The first-order valence-electron chi connectivity index (χ1n) is 8.24. The van der Waals surface area contributed by atoms with Crippen LogP contribution in [0.25, 0.3) is 22.8 Å². The number of nitrogens with zero attached hydrogens (tertiary/aromatic N) is 4. The van der Waals surface area contributed by atoms with Crippen molar-refractivity contribution in [2.24, 2.45) is 0 Å². The van der Waals surface area contributed by atoms with Crippen LogP contribution in [0.4, 0.5) is 13.2 Å². The lowest BCUT2D eigenvalue weighted by Crippen LogP contribution is -2.35. The molecular formula is C18H12F3N5O2. The number of carbonyl (C=O) groups excluding carboxylic acids is 2. The lowest BCUT2D eigenvalue weighted by atomic mass is 10.1. The number of rotatable bonds is 3. The van der Waals surface area contributed by atoms with Gasteiger partial charge in [0.2, 0.25) is 0 Å². The summed E-state index contributed by atoms with van der Waals surface area (Å²) in [4.78, 5) is 31.7. The molecule has 3 heterocycles. The Morgan fingerprint density at radius 1 is 1.14 bits per heavy atom. The molecule has 0 saturated heterocycles. The third-order valence-corrected chi connectivity index (χ3v) is 4.18. The molecule has 0 fully saturated rings. The maximum Gasteiger partial charge on any atom is 0.454 e. The number of benzene rings is 1. The number of alkyl halides is 3. The van der Waals surface area contributed by atoms with Gasteiger partial charge in [-0.05, 0) is 18.2 Å². The summed E-state index contributed by atoms with van der Waals surface area (Å²) in [6.45, 7) is 1.00. The fourth-order valence-electron chi connectivity index (χ4n) is 2.86. The number of carbonyl (C=O) groups is 2. The Bertz CT molecular complexity index is 1090. The van der Waals surface area contributed by atoms with Crippen molar-refractivity contribution >= 4 is 11.7 Å². The molecule has 1 N–H and O–H groups in total. The minimum absolute atomic E-state index is 0.143. The van der Waals surface area contributed by atoms with Crippen LogP contribution in [0.2, 0.25) is 0 Å². The van der Waals surface area contributed by atoms with E-state index in [1.165, 1.54) is 18.3 Å². The van der Waals surface area contributed by atoms with Gasteiger partial charge in [0.05, 0.1) is 12.2 Å². The smallest absolute Gasteiger partial charge is 0.349 e. The largest absolute Gasteiger partial charge is 0.454 e. The first kappa shape index (κ1) is 17.8. The van der Waals surface area contributed by atoms with Crippen molar-refractivity contribution in [2.45, 2.75) is 12.7 Å². The molecule has 0 unspecified atom stereocenters. The van der Waals surface area contributed by atoms with Crippen LogP contribution < -0.4 is 5.32 Å². The lowest BCUT2D eigenvalue weighted by molar-refractivity contribution is -0.0885. The van der Waals surface area contributed by atoms with E-state index >= 15 is 0 Å². The zero-order chi connectivity index (χ0) is 19.9. The maximum absolute atomic E-state index is 12.7. The molecule has 1 aromatic carbocycles. The SMILES string of the molecule is O=C1NCCn2nc(-c3ccnc(-c4cccc(C(=O)C(F)(F)F)c4)n3)cc21. The van der Waals surface area contributed by atoms with E-state index in [4.69, 9.17) is 0 Å². The molecule has 7 nitrogen and oxygen atoms in total. The number of aromatic nitrogens is 4. The van der Waals surface area contributed by atoms with E-state index in [-0.39, 0.29) is 17.3 Å². The van der Waals surface area contributed by atoms with Crippen LogP contribution in [0.5, 0.6) is 0 Å². The van der Waals surface area contributed by atoms with Gasteiger partial charge < -0.3 is 5.32 Å². The Hall–Kier alpha value is -3.56. The number of hydrogen-bond donors (Lipinski definition) is 1. The highest BCUT2D eigenvalue weighted by molar-refractivity contribution is 6.01. The minimum Gasteiger partial charge on any atom is -0.349 e. The number of amides is 1. The van der Waals surface area contributed by atoms with E-state index in [9.17, 15) is 22.8 Å². The summed E-state index contributed by atoms with van der Waals surface area (Å²) in [5.41, 5.74) is 1.02. The summed E-state index contributed by atoms with van der Waals surface area (Å²) in [6.07, 6.45) is -3.52. The summed E-state index contributed by atoms with van der Waals surface area (Å²) >= 11 is 0. The first-order chi connectivity index (χ1) is 13.3. The summed E-state index contributed by atoms with van der Waals surface area (Å²) in [5, 5.41) is 7.06. The second-order valence-corrected chi connectivity index (χ2v) is 6.07. The Morgan fingerprint density at radius 2 is 1.96 bits per heavy atom. The Balaban J connectivity index is 1.70. The third-order valence-electron chi connectivity index (χ3n) is 4.18. The molecule has 3 aromatic rings. The van der Waals surface area contributed by atoms with E-state index in [1.807, 2.05) is 0 Å². The molecule has 2 aromatic heterocycles. The lowest BCUT2D eigenvalue weighted by Gasteiger charge is -2.13. The summed E-state index contributed by atoms with van der Waals surface area (Å²) in [7, 11) is 0. The highest BCUT2D eigenvalue weighted by Gasteiger charge is 2.39. The van der Waals surface area contributed by atoms with Crippen molar-refractivity contribution in [3.05, 3.63) is 53.9 Å². The Morgan fingerprint density at radius 3 is 2.71 bits per heavy atom. The number of fused-ring (bicyclic) bond motifs is 1. The normalized spacial score (nSPS) is 13.8. The van der Waals surface area contributed by atoms with Gasteiger partial charge in [-0.1, -0.05) is 18.2 Å². The van der Waals surface area contributed by atoms with Crippen molar-refractivity contribution in [3.63, 3.8) is 0 Å². The first-order valence-corrected chi connectivity index (χ1v) is 8.24. The average Bonchev–Trinajstić information content (AvgIpc) is 3.13. The van der Waals surface area contributed by atoms with Crippen molar-refractivity contribution in [1.82, 2.24) is 25.1 Å². The molecule has 28 heavy (non-hydrogen) atoms. The summed E-state index contributed by atoms with van der Waals surface area (Å²) in [6, 6.07) is 8.21. The van der Waals surface area contributed by atoms with Crippen LogP contribution in [-0.2, 0) is 6.54 Å². The predicted octanol–water partition coefficient (Wildman–Crippen LogP) is 2.50. The zero-order valence-electron chi connectivity index (χ0n) is 14.2. The molecule has 1 aliphatic rings. The molecule has 0 aliphatic carbocycles. The topological polar surface area (TPSA) is 89.8 Å². The molecule has 10 heteroatoms. The zero-order valence-corrected chi connectivity index (χ0v) is 14.2. The standard InChI is InChI=1S/C18H12F3N5O2/c19-18(20,21)15(27)10-2-1-3-11(8-10)16-22-5-4-12(24-16)13-9-14-17(28)23-6-7-26(14)25-13/h1-5,8-9H,6-7H2,(H,23,28). The molecule has 0 spiro atoms. The quantitative estimate of drug-likeness (QED) is 0.698. The second-order valence-electron chi connectivity index (χ2n) is 6.07. The molecule has 0 bridgehead atoms. The van der Waals surface area contributed by atoms with Gasteiger partial charge in [-0.2, -0.15) is 18.3 Å². The van der Waals surface area contributed by atoms with E-state index < -0.39 is 17.5 Å². The van der Waals surface area contributed by atoms with Crippen molar-refractivity contribution in [2.75, 3.05) is 6.54 Å². The summed E-state index contributed by atoms with van der Waals surface area (Å²) in [5.74, 6) is -2.03. The number of ketones is 1. The van der Waals surface area contributed by atoms with Gasteiger partial charge in [0.1, 0.15) is 11.4 Å². The van der Waals surface area contributed by atoms with Crippen LogP contribution in [0.15, 0.2) is 42.6 Å². The van der Waals surface area contributed by atoms with E-state index in [2.05, 4.69) is 20.4 Å². The van der Waals surface area contributed by atoms with E-state index in [0.717, 1.165) is 12.1 Å². The van der Waals surface area contributed by atoms with Crippen LogP contribution in [0.3, 0.4) is 0 Å². The molecule has 4 rings (SSSR count). The van der Waals surface area contributed by atoms with Crippen LogP contribution in [-0.4, -0.2) is 44.2 Å². The van der Waals surface area contributed by atoms with Gasteiger partial charge in [0.25, 0.3) is 11.7 Å². The number of hydrogen-bond acceptors (Lipinski definition) is 5. The molecule has 0 radical (unpaired) electrons. The Labute approximate surface area is 156 Å². The molecule has 0 atom stereocenters. The van der Waals surface area contributed by atoms with Crippen molar-refractivity contribution in [1.29, 1.82) is 0 Å².